The number of piperidine rings is 1. The molecule has 2 fully saturated rings. The number of aromatic nitrogens is 2. The summed E-state index contributed by atoms with van der Waals surface area (Å²) in [5.41, 5.74) is 1.48. The summed E-state index contributed by atoms with van der Waals surface area (Å²) in [6.07, 6.45) is 5.15. The molecule has 1 aromatic heterocycles. The Morgan fingerprint density at radius 3 is 2.33 bits per heavy atom. The average molecular weight is 288 g/mol. The fourth-order valence-corrected chi connectivity index (χ4v) is 3.13. The second kappa shape index (κ2) is 5.91. The van der Waals surface area contributed by atoms with E-state index in [1.807, 2.05) is 0 Å². The molecule has 0 amide bonds. The maximum absolute atomic E-state index is 4.42. The van der Waals surface area contributed by atoms with Crippen LogP contribution in [0.1, 0.15) is 52.1 Å². The van der Waals surface area contributed by atoms with Crippen molar-refractivity contribution in [1.82, 2.24) is 15.5 Å². The van der Waals surface area contributed by atoms with Crippen LogP contribution in [0.15, 0.2) is 12.1 Å². The van der Waals surface area contributed by atoms with E-state index in [4.69, 9.17) is 0 Å². The lowest BCUT2D eigenvalue weighted by atomic mass is 9.75. The standard InChI is InChI=1S/C17H28N4/c1-17(2,3)13-8-10-21(11-9-13)16-7-6-15(19-20-16)12-18-14-4-5-14/h6-7,13-14,18H,4-5,8-12H2,1-3H3. The number of rotatable bonds is 4. The van der Waals surface area contributed by atoms with E-state index in [9.17, 15) is 0 Å². The molecule has 0 radical (unpaired) electrons. The first-order valence-corrected chi connectivity index (χ1v) is 8.33. The van der Waals surface area contributed by atoms with Crippen LogP contribution in [-0.2, 0) is 6.54 Å². The molecule has 21 heavy (non-hydrogen) atoms. The number of nitrogens with one attached hydrogen (secondary N) is 1. The summed E-state index contributed by atoms with van der Waals surface area (Å²) in [6, 6.07) is 4.98. The summed E-state index contributed by atoms with van der Waals surface area (Å²) in [5.74, 6) is 1.86. The molecule has 4 heteroatoms. The number of nitrogens with zero attached hydrogens (tertiary/aromatic N) is 3. The van der Waals surface area contributed by atoms with Crippen molar-refractivity contribution in [2.45, 2.75) is 59.0 Å². The highest BCUT2D eigenvalue weighted by Crippen LogP contribution is 2.35. The lowest BCUT2D eigenvalue weighted by molar-refractivity contribution is 0.198. The Kier molecular flexibility index (Phi) is 4.16. The van der Waals surface area contributed by atoms with E-state index in [0.29, 0.717) is 5.41 Å². The average Bonchev–Trinajstić information content (AvgIpc) is 3.29. The summed E-state index contributed by atoms with van der Waals surface area (Å²) < 4.78 is 0. The zero-order valence-corrected chi connectivity index (χ0v) is 13.6. The van der Waals surface area contributed by atoms with Crippen LogP contribution in [0.25, 0.3) is 0 Å². The van der Waals surface area contributed by atoms with Gasteiger partial charge in [0.15, 0.2) is 5.82 Å². The predicted octanol–water partition coefficient (Wildman–Crippen LogP) is 2.99. The van der Waals surface area contributed by atoms with Gasteiger partial charge in [-0.05, 0) is 49.1 Å². The van der Waals surface area contributed by atoms with E-state index in [-0.39, 0.29) is 0 Å². The molecular formula is C17H28N4. The highest BCUT2D eigenvalue weighted by molar-refractivity contribution is 5.37. The maximum Gasteiger partial charge on any atom is 0.151 e. The second-order valence-electron chi connectivity index (χ2n) is 7.67. The molecule has 116 valence electrons. The van der Waals surface area contributed by atoms with Crippen molar-refractivity contribution < 1.29 is 0 Å². The van der Waals surface area contributed by atoms with Gasteiger partial charge in [-0.3, -0.25) is 0 Å². The van der Waals surface area contributed by atoms with Gasteiger partial charge in [0.1, 0.15) is 0 Å². The monoisotopic (exact) mass is 288 g/mol. The lowest BCUT2D eigenvalue weighted by Crippen LogP contribution is -2.38. The van der Waals surface area contributed by atoms with Crippen LogP contribution >= 0.6 is 0 Å². The quantitative estimate of drug-likeness (QED) is 0.925. The van der Waals surface area contributed by atoms with Crippen LogP contribution in [0.3, 0.4) is 0 Å². The van der Waals surface area contributed by atoms with E-state index >= 15 is 0 Å². The van der Waals surface area contributed by atoms with Crippen molar-refractivity contribution in [2.75, 3.05) is 18.0 Å². The summed E-state index contributed by atoms with van der Waals surface area (Å²) in [7, 11) is 0. The minimum atomic E-state index is 0.427. The van der Waals surface area contributed by atoms with Crippen LogP contribution in [0.5, 0.6) is 0 Å². The fraction of sp³-hybridized carbons (Fsp3) is 0.765. The van der Waals surface area contributed by atoms with Crippen LogP contribution in [-0.4, -0.2) is 29.3 Å². The first kappa shape index (κ1) is 14.8. The van der Waals surface area contributed by atoms with Crippen LogP contribution < -0.4 is 10.2 Å². The van der Waals surface area contributed by atoms with E-state index in [1.54, 1.807) is 0 Å². The largest absolute Gasteiger partial charge is 0.355 e. The highest BCUT2D eigenvalue weighted by Gasteiger charge is 2.29. The van der Waals surface area contributed by atoms with Gasteiger partial charge in [0, 0.05) is 25.7 Å². The van der Waals surface area contributed by atoms with Crippen LogP contribution in [0, 0.1) is 11.3 Å². The molecule has 2 aliphatic rings. The van der Waals surface area contributed by atoms with E-state index in [0.717, 1.165) is 43.1 Å². The van der Waals surface area contributed by atoms with Crippen molar-refractivity contribution in [1.29, 1.82) is 0 Å². The van der Waals surface area contributed by atoms with Crippen molar-refractivity contribution in [2.24, 2.45) is 11.3 Å². The molecule has 0 spiro atoms. The molecular weight excluding hydrogens is 260 g/mol. The molecule has 0 aromatic carbocycles. The summed E-state index contributed by atoms with van der Waals surface area (Å²) in [4.78, 5) is 2.38. The zero-order valence-electron chi connectivity index (χ0n) is 13.6. The third-order valence-corrected chi connectivity index (χ3v) is 4.90. The van der Waals surface area contributed by atoms with Crippen molar-refractivity contribution in [3.05, 3.63) is 17.8 Å². The summed E-state index contributed by atoms with van der Waals surface area (Å²) in [5, 5.41) is 12.3. The van der Waals surface area contributed by atoms with Gasteiger partial charge in [-0.2, -0.15) is 5.10 Å². The molecule has 0 bridgehead atoms. The Morgan fingerprint density at radius 1 is 1.10 bits per heavy atom. The normalized spacial score (nSPS) is 20.8. The number of anilines is 1. The van der Waals surface area contributed by atoms with E-state index < -0.39 is 0 Å². The molecule has 1 aliphatic heterocycles. The van der Waals surface area contributed by atoms with Gasteiger partial charge in [0.25, 0.3) is 0 Å². The summed E-state index contributed by atoms with van der Waals surface area (Å²) in [6.45, 7) is 10.1. The Morgan fingerprint density at radius 2 is 1.81 bits per heavy atom. The first-order chi connectivity index (χ1) is 10.0. The predicted molar refractivity (Wildman–Crippen MR) is 86.3 cm³/mol. The SMILES string of the molecule is CC(C)(C)C1CCN(c2ccc(CNC3CC3)nn2)CC1. The first-order valence-electron chi connectivity index (χ1n) is 8.33. The molecule has 2 heterocycles. The fourth-order valence-electron chi connectivity index (χ4n) is 3.13. The lowest BCUT2D eigenvalue weighted by Gasteiger charge is -2.39. The minimum absolute atomic E-state index is 0.427. The molecule has 1 N–H and O–H groups in total. The van der Waals surface area contributed by atoms with Crippen molar-refractivity contribution in [3.8, 4) is 0 Å². The third-order valence-electron chi connectivity index (χ3n) is 4.90. The second-order valence-corrected chi connectivity index (χ2v) is 7.67. The maximum atomic E-state index is 4.42. The van der Waals surface area contributed by atoms with Gasteiger partial charge in [-0.1, -0.05) is 20.8 Å². The Hall–Kier alpha value is -1.16. The molecule has 4 nitrogen and oxygen atoms in total. The molecule has 0 unspecified atom stereocenters. The smallest absolute Gasteiger partial charge is 0.151 e. The van der Waals surface area contributed by atoms with Crippen molar-refractivity contribution >= 4 is 5.82 Å². The Bertz CT molecular complexity index is 451. The summed E-state index contributed by atoms with van der Waals surface area (Å²) >= 11 is 0. The highest BCUT2D eigenvalue weighted by atomic mass is 15.3. The molecule has 1 aromatic rings. The Labute approximate surface area is 128 Å². The number of hydrogen-bond donors (Lipinski definition) is 1. The number of hydrogen-bond acceptors (Lipinski definition) is 4. The molecule has 1 aliphatic carbocycles. The Balaban J connectivity index is 1.52. The molecule has 3 rings (SSSR count). The van der Waals surface area contributed by atoms with Gasteiger partial charge in [-0.15, -0.1) is 5.10 Å². The zero-order chi connectivity index (χ0) is 14.9. The van der Waals surface area contributed by atoms with Gasteiger partial charge < -0.3 is 10.2 Å². The van der Waals surface area contributed by atoms with Gasteiger partial charge in [0.05, 0.1) is 5.69 Å². The topological polar surface area (TPSA) is 41.0 Å². The molecule has 1 saturated carbocycles. The van der Waals surface area contributed by atoms with E-state index in [1.165, 1.54) is 25.7 Å². The minimum Gasteiger partial charge on any atom is -0.355 e. The van der Waals surface area contributed by atoms with Crippen LogP contribution in [0.2, 0.25) is 0 Å². The van der Waals surface area contributed by atoms with Gasteiger partial charge in [0.2, 0.25) is 0 Å². The van der Waals surface area contributed by atoms with E-state index in [2.05, 4.69) is 53.3 Å². The van der Waals surface area contributed by atoms with Crippen LogP contribution in [0.4, 0.5) is 5.82 Å². The third kappa shape index (κ3) is 3.94. The van der Waals surface area contributed by atoms with Gasteiger partial charge >= 0.3 is 0 Å². The van der Waals surface area contributed by atoms with Gasteiger partial charge in [-0.25, -0.2) is 0 Å². The molecule has 0 atom stereocenters. The molecule has 1 saturated heterocycles. The van der Waals surface area contributed by atoms with Crippen molar-refractivity contribution in [3.63, 3.8) is 0 Å².